The third kappa shape index (κ3) is 2.75. The van der Waals surface area contributed by atoms with Crippen molar-refractivity contribution < 1.29 is 0 Å². The van der Waals surface area contributed by atoms with Crippen LogP contribution >= 0.6 is 0 Å². The van der Waals surface area contributed by atoms with Gasteiger partial charge in [-0.15, -0.1) is 0 Å². The van der Waals surface area contributed by atoms with Crippen molar-refractivity contribution >= 4 is 11.4 Å². The average molecular weight is 406 g/mol. The van der Waals surface area contributed by atoms with E-state index in [1.165, 1.54) is 72.2 Å². The highest BCUT2D eigenvalue weighted by Crippen LogP contribution is 2.61. The summed E-state index contributed by atoms with van der Waals surface area (Å²) in [6, 6.07) is 24.9. The molecule has 1 nitrogen and oxygen atoms in total. The van der Waals surface area contributed by atoms with Gasteiger partial charge in [0.15, 0.2) is 0 Å². The van der Waals surface area contributed by atoms with Crippen molar-refractivity contribution in [1.29, 1.82) is 0 Å². The van der Waals surface area contributed by atoms with Crippen LogP contribution in [0.5, 0.6) is 0 Å². The van der Waals surface area contributed by atoms with Gasteiger partial charge in [-0.25, -0.2) is 0 Å². The summed E-state index contributed by atoms with van der Waals surface area (Å²) < 4.78 is 0. The summed E-state index contributed by atoms with van der Waals surface area (Å²) in [7, 11) is 0. The molecular formula is C30H31N. The highest BCUT2D eigenvalue weighted by atomic mass is 14.9. The number of hydrogen-bond acceptors (Lipinski definition) is 1. The minimum absolute atomic E-state index is 0.0810. The normalized spacial score (nSPS) is 23.6. The molecular weight excluding hydrogens is 374 g/mol. The molecule has 3 aromatic rings. The molecule has 3 aromatic carbocycles. The lowest BCUT2D eigenvalue weighted by atomic mass is 9.57. The van der Waals surface area contributed by atoms with Crippen LogP contribution in [0.1, 0.15) is 62.1 Å². The number of anilines is 2. The van der Waals surface area contributed by atoms with E-state index in [4.69, 9.17) is 0 Å². The second-order valence-corrected chi connectivity index (χ2v) is 9.73. The molecule has 2 atom stereocenters. The van der Waals surface area contributed by atoms with E-state index in [2.05, 4.69) is 85.9 Å². The maximum absolute atomic E-state index is 3.72. The Labute approximate surface area is 186 Å². The molecule has 6 rings (SSSR count). The molecule has 0 amide bonds. The zero-order valence-electron chi connectivity index (χ0n) is 18.7. The van der Waals surface area contributed by atoms with Crippen LogP contribution in [0, 0.1) is 12.8 Å². The Morgan fingerprint density at radius 3 is 2.58 bits per heavy atom. The third-order valence-electron chi connectivity index (χ3n) is 8.22. The van der Waals surface area contributed by atoms with Crippen LogP contribution in [0.25, 0.3) is 11.1 Å². The Morgan fingerprint density at radius 2 is 1.71 bits per heavy atom. The lowest BCUT2D eigenvalue weighted by Gasteiger charge is -2.46. The van der Waals surface area contributed by atoms with Crippen LogP contribution in [0.4, 0.5) is 11.4 Å². The first-order valence-electron chi connectivity index (χ1n) is 12.0. The fraction of sp³-hybridized carbons (Fsp3) is 0.333. The molecule has 0 saturated heterocycles. The van der Waals surface area contributed by atoms with Gasteiger partial charge in [0.2, 0.25) is 0 Å². The number of hydrogen-bond donors (Lipinski definition) is 1. The topological polar surface area (TPSA) is 12.0 Å². The van der Waals surface area contributed by atoms with Crippen molar-refractivity contribution in [3.63, 3.8) is 0 Å². The summed E-state index contributed by atoms with van der Waals surface area (Å²) in [4.78, 5) is 0. The molecule has 3 aliphatic carbocycles. The molecule has 1 saturated carbocycles. The van der Waals surface area contributed by atoms with Gasteiger partial charge in [0.25, 0.3) is 0 Å². The minimum Gasteiger partial charge on any atom is -0.355 e. The minimum atomic E-state index is 0.0810. The van der Waals surface area contributed by atoms with Crippen LogP contribution in [-0.4, -0.2) is 0 Å². The van der Waals surface area contributed by atoms with Gasteiger partial charge in [0.1, 0.15) is 0 Å². The fourth-order valence-electron chi connectivity index (χ4n) is 6.66. The molecule has 0 aromatic heterocycles. The van der Waals surface area contributed by atoms with Crippen LogP contribution in [0.2, 0.25) is 0 Å². The van der Waals surface area contributed by atoms with E-state index >= 15 is 0 Å². The molecule has 2 unspecified atom stereocenters. The first kappa shape index (κ1) is 18.9. The highest BCUT2D eigenvalue weighted by molar-refractivity contribution is 5.85. The SMILES string of the molecule is CCC1=C2CC(CC1)CCC21c2ccccc2-c2ccc(Nc3ccccc3C)cc21. The molecule has 2 bridgehead atoms. The van der Waals surface area contributed by atoms with Crippen LogP contribution in [0.3, 0.4) is 0 Å². The van der Waals surface area contributed by atoms with Gasteiger partial charge in [-0.3, -0.25) is 0 Å². The Kier molecular flexibility index (Phi) is 4.35. The quantitative estimate of drug-likeness (QED) is 0.432. The predicted molar refractivity (Wildman–Crippen MR) is 131 cm³/mol. The highest BCUT2D eigenvalue weighted by Gasteiger charge is 2.50. The Balaban J connectivity index is 1.55. The molecule has 1 N–H and O–H groups in total. The van der Waals surface area contributed by atoms with E-state index in [1.807, 2.05) is 0 Å². The van der Waals surface area contributed by atoms with Crippen LogP contribution in [0.15, 0.2) is 77.9 Å². The largest absolute Gasteiger partial charge is 0.355 e. The predicted octanol–water partition coefficient (Wildman–Crippen LogP) is 8.31. The zero-order valence-corrected chi connectivity index (χ0v) is 18.7. The number of aryl methyl sites for hydroxylation is 1. The summed E-state index contributed by atoms with van der Waals surface area (Å²) in [6.07, 6.45) is 7.80. The summed E-state index contributed by atoms with van der Waals surface area (Å²) in [6.45, 7) is 4.54. The number of rotatable bonds is 3. The van der Waals surface area contributed by atoms with Crippen molar-refractivity contribution in [2.75, 3.05) is 5.32 Å². The summed E-state index contributed by atoms with van der Waals surface area (Å²) in [5.41, 5.74) is 13.2. The van der Waals surface area contributed by atoms with Crippen molar-refractivity contribution in [3.05, 3.63) is 94.6 Å². The lowest BCUT2D eigenvalue weighted by Crippen LogP contribution is -2.37. The number of para-hydroxylation sites is 1. The zero-order chi connectivity index (χ0) is 21.0. The summed E-state index contributed by atoms with van der Waals surface area (Å²) >= 11 is 0. The van der Waals surface area contributed by atoms with E-state index in [9.17, 15) is 0 Å². The van der Waals surface area contributed by atoms with E-state index in [1.54, 1.807) is 16.7 Å². The van der Waals surface area contributed by atoms with Crippen molar-refractivity contribution in [2.24, 2.45) is 5.92 Å². The molecule has 1 spiro atoms. The molecule has 0 heterocycles. The van der Waals surface area contributed by atoms with Gasteiger partial charge >= 0.3 is 0 Å². The van der Waals surface area contributed by atoms with E-state index in [-0.39, 0.29) is 5.41 Å². The molecule has 1 heteroatoms. The lowest BCUT2D eigenvalue weighted by molar-refractivity contribution is 0.303. The van der Waals surface area contributed by atoms with Gasteiger partial charge in [0.05, 0.1) is 0 Å². The first-order valence-corrected chi connectivity index (χ1v) is 12.0. The second-order valence-electron chi connectivity index (χ2n) is 9.73. The Morgan fingerprint density at radius 1 is 0.903 bits per heavy atom. The van der Waals surface area contributed by atoms with E-state index in [0.717, 1.165) is 5.92 Å². The van der Waals surface area contributed by atoms with Gasteiger partial charge in [0, 0.05) is 16.8 Å². The van der Waals surface area contributed by atoms with E-state index in [0.29, 0.717) is 0 Å². The molecule has 31 heavy (non-hydrogen) atoms. The smallest absolute Gasteiger partial charge is 0.0427 e. The van der Waals surface area contributed by atoms with Gasteiger partial charge in [-0.1, -0.05) is 66.6 Å². The van der Waals surface area contributed by atoms with Crippen LogP contribution < -0.4 is 5.32 Å². The Hall–Kier alpha value is -2.80. The molecule has 0 aliphatic heterocycles. The maximum atomic E-state index is 3.72. The monoisotopic (exact) mass is 405 g/mol. The van der Waals surface area contributed by atoms with E-state index < -0.39 is 0 Å². The number of fused-ring (bicyclic) bond motifs is 8. The van der Waals surface area contributed by atoms with Gasteiger partial charge in [-0.05, 0) is 97.4 Å². The third-order valence-corrected chi connectivity index (χ3v) is 8.22. The molecule has 1 fully saturated rings. The Bertz CT molecular complexity index is 1200. The maximum Gasteiger partial charge on any atom is 0.0427 e. The molecule has 3 aliphatic rings. The van der Waals surface area contributed by atoms with Crippen molar-refractivity contribution in [3.8, 4) is 11.1 Å². The average Bonchev–Trinajstić information content (AvgIpc) is 3.08. The summed E-state index contributed by atoms with van der Waals surface area (Å²) in [5.74, 6) is 0.889. The molecule has 0 radical (unpaired) electrons. The summed E-state index contributed by atoms with van der Waals surface area (Å²) in [5, 5.41) is 3.72. The van der Waals surface area contributed by atoms with Crippen molar-refractivity contribution in [2.45, 2.75) is 57.8 Å². The number of nitrogens with one attached hydrogen (secondary N) is 1. The first-order chi connectivity index (χ1) is 15.2. The standard InChI is InChI=1S/C30H31N/c1-3-22-13-12-21-16-17-30(27(22)18-21)26-10-6-5-9-24(26)25-15-14-23(19-28(25)30)31-29-11-7-4-8-20(29)2/h4-11,14-15,19,21,31H,3,12-13,16-18H2,1-2H3. The number of allylic oxidation sites excluding steroid dienone is 2. The van der Waals surface area contributed by atoms with Crippen molar-refractivity contribution in [1.82, 2.24) is 0 Å². The van der Waals surface area contributed by atoms with Gasteiger partial charge in [-0.2, -0.15) is 0 Å². The number of benzene rings is 3. The second kappa shape index (κ2) is 7.12. The molecule has 156 valence electrons. The van der Waals surface area contributed by atoms with Crippen LogP contribution in [-0.2, 0) is 5.41 Å². The fourth-order valence-corrected chi connectivity index (χ4v) is 6.66. The van der Waals surface area contributed by atoms with Gasteiger partial charge < -0.3 is 5.32 Å².